The van der Waals surface area contributed by atoms with Crippen molar-refractivity contribution in [3.05, 3.63) is 47.3 Å². The van der Waals surface area contributed by atoms with Crippen LogP contribution in [0, 0.1) is 13.8 Å². The Balaban J connectivity index is 0.00000261. The first kappa shape index (κ1) is 21.5. The Bertz CT molecular complexity index is 747. The molecule has 0 saturated carbocycles. The molecule has 6 nitrogen and oxygen atoms in total. The molecule has 1 aliphatic heterocycles. The third kappa shape index (κ3) is 5.15. The van der Waals surface area contributed by atoms with Gasteiger partial charge in [-0.2, -0.15) is 5.10 Å². The number of aromatic nitrogens is 2. The number of anilines is 1. The first-order valence-electron chi connectivity index (χ1n) is 9.35. The minimum atomic E-state index is 0. The lowest BCUT2D eigenvalue weighted by Gasteiger charge is -2.37. The van der Waals surface area contributed by atoms with E-state index in [1.165, 1.54) is 16.9 Å². The van der Waals surface area contributed by atoms with Gasteiger partial charge in [0.25, 0.3) is 0 Å². The summed E-state index contributed by atoms with van der Waals surface area (Å²) in [6, 6.07) is 10.6. The number of guanidine groups is 1. The highest BCUT2D eigenvalue weighted by atomic mass is 127. The maximum Gasteiger partial charge on any atom is 0.193 e. The Kier molecular flexibility index (Phi) is 7.94. The summed E-state index contributed by atoms with van der Waals surface area (Å²) in [6.07, 6.45) is 0.967. The average molecular weight is 482 g/mol. The van der Waals surface area contributed by atoms with Crippen molar-refractivity contribution < 1.29 is 0 Å². The van der Waals surface area contributed by atoms with Crippen LogP contribution in [0.3, 0.4) is 0 Å². The summed E-state index contributed by atoms with van der Waals surface area (Å²) in [4.78, 5) is 9.27. The Morgan fingerprint density at radius 2 is 1.78 bits per heavy atom. The predicted octanol–water partition coefficient (Wildman–Crippen LogP) is 2.60. The van der Waals surface area contributed by atoms with Crippen LogP contribution >= 0.6 is 24.0 Å². The molecule has 0 spiro atoms. The number of aliphatic imine (C=N–C) groups is 1. The van der Waals surface area contributed by atoms with Gasteiger partial charge in [0.15, 0.2) is 5.96 Å². The van der Waals surface area contributed by atoms with Gasteiger partial charge in [-0.05, 0) is 38.0 Å². The van der Waals surface area contributed by atoms with Gasteiger partial charge in [-0.1, -0.05) is 18.2 Å². The van der Waals surface area contributed by atoms with Crippen LogP contribution in [0.5, 0.6) is 0 Å². The Morgan fingerprint density at radius 3 is 2.33 bits per heavy atom. The summed E-state index contributed by atoms with van der Waals surface area (Å²) in [5, 5.41) is 8.02. The number of nitrogens with zero attached hydrogens (tertiary/aromatic N) is 5. The maximum atomic E-state index is 4.50. The standard InChI is InChI=1S/C20H30N6.HI/c1-16-19(17(2)24(4)23-16)10-11-22-20(21-3)26-14-12-25(13-15-26)18-8-6-5-7-9-18;/h5-9H,10-15H2,1-4H3,(H,21,22);1H. The van der Waals surface area contributed by atoms with Crippen molar-refractivity contribution in [2.45, 2.75) is 20.3 Å². The van der Waals surface area contributed by atoms with Crippen molar-refractivity contribution in [3.8, 4) is 0 Å². The van der Waals surface area contributed by atoms with Gasteiger partial charge in [-0.15, -0.1) is 24.0 Å². The summed E-state index contributed by atoms with van der Waals surface area (Å²) in [7, 11) is 3.87. The molecule has 27 heavy (non-hydrogen) atoms. The molecule has 1 N–H and O–H groups in total. The highest BCUT2D eigenvalue weighted by Gasteiger charge is 2.19. The largest absolute Gasteiger partial charge is 0.368 e. The summed E-state index contributed by atoms with van der Waals surface area (Å²) < 4.78 is 1.96. The molecule has 1 aromatic heterocycles. The lowest BCUT2D eigenvalue weighted by molar-refractivity contribution is 0.373. The summed E-state index contributed by atoms with van der Waals surface area (Å²) >= 11 is 0. The maximum absolute atomic E-state index is 4.50. The van der Waals surface area contributed by atoms with Crippen LogP contribution in [0.1, 0.15) is 17.0 Å². The zero-order valence-electron chi connectivity index (χ0n) is 16.8. The van der Waals surface area contributed by atoms with E-state index in [-0.39, 0.29) is 24.0 Å². The zero-order valence-corrected chi connectivity index (χ0v) is 19.1. The second-order valence-corrected chi connectivity index (χ2v) is 6.81. The van der Waals surface area contributed by atoms with Gasteiger partial charge >= 0.3 is 0 Å². The van der Waals surface area contributed by atoms with E-state index in [0.717, 1.165) is 50.8 Å². The summed E-state index contributed by atoms with van der Waals surface area (Å²) in [6.45, 7) is 9.10. The number of nitrogens with one attached hydrogen (secondary N) is 1. The molecule has 0 radical (unpaired) electrons. The van der Waals surface area contributed by atoms with Crippen LogP contribution in [0.4, 0.5) is 5.69 Å². The molecule has 0 amide bonds. The third-order valence-electron chi connectivity index (χ3n) is 5.23. The van der Waals surface area contributed by atoms with E-state index in [2.05, 4.69) is 69.4 Å². The molecular weight excluding hydrogens is 451 g/mol. The molecule has 1 aromatic carbocycles. The van der Waals surface area contributed by atoms with Gasteiger partial charge in [-0.25, -0.2) is 0 Å². The van der Waals surface area contributed by atoms with Crippen LogP contribution in [0.25, 0.3) is 0 Å². The first-order chi connectivity index (χ1) is 12.6. The zero-order chi connectivity index (χ0) is 18.5. The minimum absolute atomic E-state index is 0. The number of benzene rings is 1. The molecule has 2 aromatic rings. The molecule has 1 fully saturated rings. The van der Waals surface area contributed by atoms with Gasteiger partial charge in [0.05, 0.1) is 5.69 Å². The van der Waals surface area contributed by atoms with Crippen molar-refractivity contribution >= 4 is 35.6 Å². The summed E-state index contributed by atoms with van der Waals surface area (Å²) in [5.74, 6) is 0.997. The lowest BCUT2D eigenvalue weighted by Crippen LogP contribution is -2.52. The SMILES string of the molecule is CN=C(NCCc1c(C)nn(C)c1C)N1CCN(c2ccccc2)CC1.I. The van der Waals surface area contributed by atoms with Gasteiger partial charge in [0.2, 0.25) is 0 Å². The molecule has 0 atom stereocenters. The first-order valence-corrected chi connectivity index (χ1v) is 9.35. The van der Waals surface area contributed by atoms with Crippen molar-refractivity contribution in [1.82, 2.24) is 20.0 Å². The molecule has 0 aliphatic carbocycles. The minimum Gasteiger partial charge on any atom is -0.368 e. The smallest absolute Gasteiger partial charge is 0.193 e. The van der Waals surface area contributed by atoms with E-state index < -0.39 is 0 Å². The number of rotatable bonds is 4. The van der Waals surface area contributed by atoms with Crippen molar-refractivity contribution in [2.24, 2.45) is 12.0 Å². The summed E-state index contributed by atoms with van der Waals surface area (Å²) in [5.41, 5.74) is 5.01. The normalized spacial score (nSPS) is 14.9. The van der Waals surface area contributed by atoms with Gasteiger partial charge in [0, 0.05) is 58.2 Å². The van der Waals surface area contributed by atoms with Crippen LogP contribution in [0.15, 0.2) is 35.3 Å². The van der Waals surface area contributed by atoms with Gasteiger partial charge in [0.1, 0.15) is 0 Å². The Labute approximate surface area is 179 Å². The molecule has 1 saturated heterocycles. The molecule has 3 rings (SSSR count). The van der Waals surface area contributed by atoms with E-state index in [9.17, 15) is 0 Å². The molecule has 1 aliphatic rings. The molecular formula is C20H31IN6. The van der Waals surface area contributed by atoms with Gasteiger partial charge < -0.3 is 15.1 Å². The van der Waals surface area contributed by atoms with E-state index in [4.69, 9.17) is 0 Å². The van der Waals surface area contributed by atoms with Crippen molar-refractivity contribution in [2.75, 3.05) is 44.7 Å². The molecule has 0 bridgehead atoms. The molecule has 148 valence electrons. The van der Waals surface area contributed by atoms with Gasteiger partial charge in [-0.3, -0.25) is 9.67 Å². The fraction of sp³-hybridized carbons (Fsp3) is 0.500. The average Bonchev–Trinajstić information content (AvgIpc) is 2.92. The second kappa shape index (κ2) is 9.96. The Hall–Kier alpha value is -1.77. The fourth-order valence-corrected chi connectivity index (χ4v) is 3.63. The number of aryl methyl sites for hydroxylation is 2. The second-order valence-electron chi connectivity index (χ2n) is 6.81. The number of hydrogen-bond acceptors (Lipinski definition) is 3. The Morgan fingerprint density at radius 1 is 1.11 bits per heavy atom. The third-order valence-corrected chi connectivity index (χ3v) is 5.23. The van der Waals surface area contributed by atoms with E-state index in [0.29, 0.717) is 0 Å². The number of halogens is 1. The van der Waals surface area contributed by atoms with E-state index in [1.54, 1.807) is 0 Å². The number of para-hydroxylation sites is 1. The van der Waals surface area contributed by atoms with E-state index >= 15 is 0 Å². The lowest BCUT2D eigenvalue weighted by atomic mass is 10.1. The van der Waals surface area contributed by atoms with Crippen molar-refractivity contribution in [3.63, 3.8) is 0 Å². The fourth-order valence-electron chi connectivity index (χ4n) is 3.63. The highest BCUT2D eigenvalue weighted by molar-refractivity contribution is 14.0. The van der Waals surface area contributed by atoms with Crippen LogP contribution < -0.4 is 10.2 Å². The topological polar surface area (TPSA) is 48.7 Å². The van der Waals surface area contributed by atoms with Crippen LogP contribution in [-0.4, -0.2) is 60.4 Å². The molecule has 2 heterocycles. The molecule has 0 unspecified atom stereocenters. The van der Waals surface area contributed by atoms with Crippen LogP contribution in [0.2, 0.25) is 0 Å². The highest BCUT2D eigenvalue weighted by Crippen LogP contribution is 2.16. The van der Waals surface area contributed by atoms with Crippen LogP contribution in [-0.2, 0) is 13.5 Å². The number of piperazine rings is 1. The monoisotopic (exact) mass is 482 g/mol. The predicted molar refractivity (Wildman–Crippen MR) is 123 cm³/mol. The van der Waals surface area contributed by atoms with E-state index in [1.807, 2.05) is 18.8 Å². The van der Waals surface area contributed by atoms with Crippen molar-refractivity contribution in [1.29, 1.82) is 0 Å². The number of hydrogen-bond donors (Lipinski definition) is 1. The molecule has 7 heteroatoms. The quantitative estimate of drug-likeness (QED) is 0.414.